The average Bonchev–Trinajstić information content (AvgIpc) is 1.62. The monoisotopic (exact) mass is 1470 g/mol. The molecule has 41 nitrogen and oxygen atoms in total. The van der Waals surface area contributed by atoms with Crippen LogP contribution in [-0.2, 0) is 90.9 Å². The number of nitrogens with zero attached hydrogens (tertiary/aromatic N) is 2. The van der Waals surface area contributed by atoms with E-state index in [0.29, 0.717) is 32.6 Å². The molecule has 1 aliphatic carbocycles. The number of benzene rings is 2. The molecule has 0 aromatic heterocycles. The quantitative estimate of drug-likeness (QED) is 0.00961. The van der Waals surface area contributed by atoms with Crippen LogP contribution in [0.5, 0.6) is 0 Å². The molecule has 41 heteroatoms. The first-order chi connectivity index (χ1) is 49.6. The van der Waals surface area contributed by atoms with Crippen LogP contribution in [0.15, 0.2) is 58.5 Å². The molecule has 6 atom stereocenters. The Labute approximate surface area is 597 Å². The van der Waals surface area contributed by atoms with E-state index >= 15 is 0 Å². The number of aliphatic imine (C=N–C) groups is 2. The molecule has 2 aromatic rings. The van der Waals surface area contributed by atoms with Crippen molar-refractivity contribution in [2.24, 2.45) is 50.1 Å². The van der Waals surface area contributed by atoms with Crippen molar-refractivity contribution in [1.29, 1.82) is 0 Å². The Morgan fingerprint density at radius 3 is 1.30 bits per heavy atom. The Hall–Kier alpha value is -11.6. The fourth-order valence-corrected chi connectivity index (χ4v) is 9.71. The first kappa shape index (κ1) is 86.6. The van der Waals surface area contributed by atoms with Gasteiger partial charge in [-0.05, 0) is 74.1 Å². The van der Waals surface area contributed by atoms with E-state index in [2.05, 4.69) is 73.8 Å². The summed E-state index contributed by atoms with van der Waals surface area (Å²) in [4.78, 5) is 211. The topological polar surface area (TPSA) is 661 Å². The molecular weight excluding hydrogens is 1370 g/mol. The molecule has 0 unspecified atom stereocenters. The number of nitrogens with two attached hydrogens (primary N) is 7. The van der Waals surface area contributed by atoms with E-state index in [9.17, 15) is 76.7 Å². The lowest BCUT2D eigenvalue weighted by Crippen LogP contribution is -2.57. The van der Waals surface area contributed by atoms with E-state index in [1.165, 1.54) is 6.92 Å². The van der Waals surface area contributed by atoms with E-state index in [0.717, 1.165) is 22.3 Å². The molecular formula is C63H95N21O20. The zero-order chi connectivity index (χ0) is 76.9. The summed E-state index contributed by atoms with van der Waals surface area (Å²) in [6.07, 6.45) is -2.57. The summed E-state index contributed by atoms with van der Waals surface area (Å²) in [5, 5.41) is 28.2. The summed E-state index contributed by atoms with van der Waals surface area (Å²) in [5.74, 6) is -14.4. The highest BCUT2D eigenvalue weighted by atomic mass is 16.6. The van der Waals surface area contributed by atoms with Crippen LogP contribution in [0.25, 0.3) is 11.1 Å². The van der Waals surface area contributed by atoms with Crippen molar-refractivity contribution in [2.75, 3.05) is 98.6 Å². The molecule has 2 aromatic carbocycles. The summed E-state index contributed by atoms with van der Waals surface area (Å²) >= 11 is 0. The van der Waals surface area contributed by atoms with Crippen LogP contribution in [0.1, 0.15) is 88.2 Å². The van der Waals surface area contributed by atoms with Gasteiger partial charge in [0.1, 0.15) is 49.4 Å². The van der Waals surface area contributed by atoms with Gasteiger partial charge in [-0.3, -0.25) is 81.9 Å². The molecule has 15 amide bonds. The third-order valence-electron chi connectivity index (χ3n) is 14.8. The largest absolute Gasteiger partial charge is 0.449 e. The number of hydrogen-bond acceptors (Lipinski definition) is 22. The SMILES string of the molecule is C[C@H](NC(=O)[C@H](CC(N)=O)NC(=O)CNC(=O)OCC1c2ccccc2-c2ccccc21)C(=O)N[C@@H](CCCN=C(N)N)C(=O)NCC(=O)N[C@@H](CCCN=C(N)N)C(=O)NCC(=O)N[C@@H](CC(N)=O)C(=O)N[C@@H](CCC(N)=O)C(=O)NCC(=O)NCCCOCCOCCOCCCNC(=O)C=O. The summed E-state index contributed by atoms with van der Waals surface area (Å²) in [7, 11) is 0. The third kappa shape index (κ3) is 35.6. The van der Waals surface area contributed by atoms with Gasteiger partial charge in [0.2, 0.25) is 83.1 Å². The number of alkyl carbamates (subject to hydrolysis) is 1. The van der Waals surface area contributed by atoms with Crippen molar-refractivity contribution in [3.63, 3.8) is 0 Å². The van der Waals surface area contributed by atoms with Gasteiger partial charge in [-0.1, -0.05) is 48.5 Å². The summed E-state index contributed by atoms with van der Waals surface area (Å²) in [6.45, 7) is 0.159. The van der Waals surface area contributed by atoms with Crippen molar-refractivity contribution >= 4 is 107 Å². The molecule has 0 aliphatic heterocycles. The van der Waals surface area contributed by atoms with Crippen molar-refractivity contribution in [3.05, 3.63) is 59.7 Å². The highest BCUT2D eigenvalue weighted by molar-refractivity contribution is 6.23. The van der Waals surface area contributed by atoms with E-state index in [-0.39, 0.29) is 102 Å². The molecule has 1 aliphatic rings. The molecule has 0 heterocycles. The first-order valence-electron chi connectivity index (χ1n) is 33.0. The van der Waals surface area contributed by atoms with Gasteiger partial charge in [0, 0.05) is 51.7 Å². The number of ether oxygens (including phenoxy) is 4. The molecule has 104 heavy (non-hydrogen) atoms. The molecule has 0 radical (unpaired) electrons. The van der Waals surface area contributed by atoms with Crippen LogP contribution in [0.2, 0.25) is 0 Å². The van der Waals surface area contributed by atoms with Gasteiger partial charge in [0.05, 0.1) is 58.9 Å². The maximum atomic E-state index is 13.7. The number of rotatable bonds is 52. The Bertz CT molecular complexity index is 3300. The van der Waals surface area contributed by atoms with E-state index in [1.807, 2.05) is 48.5 Å². The average molecular weight is 1470 g/mol. The highest BCUT2D eigenvalue weighted by Gasteiger charge is 2.33. The second-order valence-corrected chi connectivity index (χ2v) is 23.1. The van der Waals surface area contributed by atoms with Crippen LogP contribution in [-0.4, -0.2) is 242 Å². The lowest BCUT2D eigenvalue weighted by molar-refractivity contribution is -0.135. The van der Waals surface area contributed by atoms with Crippen LogP contribution in [0, 0.1) is 0 Å². The lowest BCUT2D eigenvalue weighted by atomic mass is 9.98. The van der Waals surface area contributed by atoms with Gasteiger partial charge in [-0.25, -0.2) is 4.79 Å². The molecule has 0 saturated carbocycles. The first-order valence-corrected chi connectivity index (χ1v) is 33.0. The van der Waals surface area contributed by atoms with Crippen molar-refractivity contribution in [3.8, 4) is 11.1 Å². The predicted octanol–water partition coefficient (Wildman–Crippen LogP) is -8.81. The Balaban J connectivity index is 1.55. The number of amides is 15. The molecule has 3 rings (SSSR count). The zero-order valence-corrected chi connectivity index (χ0v) is 57.5. The highest BCUT2D eigenvalue weighted by Crippen LogP contribution is 2.44. The standard InChI is InChI=1S/C63H95N21O20/c1-36(79-59(98)45(28-48(65)87)81-53(92)33-78-63(100)104-35-41-39-12-4-2-10-37(39)38-11-3-5-13-40(38)41)55(94)83-43(15-7-19-74-62(69)70)57(96)77-31-51(90)80-42(14-6-18-73-61(67)68)56(95)76-32-52(91)82-46(29-49(66)88)60(99)84-44(16-17-47(64)86)58(97)75-30-50(89)71-20-8-22-101-24-26-103-27-25-102-23-9-21-72-54(93)34-85/h2-5,10-13,34,36,41-46H,6-9,14-33,35H2,1H3,(H2,64,86)(H2,65,87)(H2,66,88)(H,71,89)(H,72,93)(H,75,97)(H,76,95)(H,77,96)(H,78,100)(H,79,98)(H,80,90)(H,81,92)(H,82,91)(H,83,94)(H,84,99)(H4,67,68,73)(H4,69,70,74)/t36-,42-,43-,44-,45-,46-/m0/s1. The molecule has 0 fully saturated rings. The maximum absolute atomic E-state index is 13.7. The van der Waals surface area contributed by atoms with Gasteiger partial charge >= 0.3 is 6.09 Å². The predicted molar refractivity (Wildman–Crippen MR) is 369 cm³/mol. The number of carbonyl (C=O) groups is 16. The fraction of sp³-hybridized carbons (Fsp3) is 0.524. The van der Waals surface area contributed by atoms with E-state index < -0.39 is 177 Å². The maximum Gasteiger partial charge on any atom is 0.407 e. The van der Waals surface area contributed by atoms with Crippen LogP contribution in [0.3, 0.4) is 0 Å². The minimum atomic E-state index is -1.79. The lowest BCUT2D eigenvalue weighted by Gasteiger charge is -2.23. The number of nitrogens with one attached hydrogen (secondary N) is 12. The normalized spacial score (nSPS) is 12.8. The molecule has 26 N–H and O–H groups in total. The third-order valence-corrected chi connectivity index (χ3v) is 14.8. The summed E-state index contributed by atoms with van der Waals surface area (Å²) < 4.78 is 21.7. The number of hydrogen-bond donors (Lipinski definition) is 19. The fourth-order valence-electron chi connectivity index (χ4n) is 9.71. The van der Waals surface area contributed by atoms with E-state index in [4.69, 9.17) is 59.1 Å². The van der Waals surface area contributed by atoms with Gasteiger partial charge in [0.15, 0.2) is 11.9 Å². The zero-order valence-electron chi connectivity index (χ0n) is 57.5. The Morgan fingerprint density at radius 1 is 0.433 bits per heavy atom. The Morgan fingerprint density at radius 2 is 0.837 bits per heavy atom. The van der Waals surface area contributed by atoms with Crippen LogP contribution in [0.4, 0.5) is 4.79 Å². The van der Waals surface area contributed by atoms with Gasteiger partial charge < -0.3 is 123 Å². The Kier molecular flexibility index (Phi) is 40.2. The second kappa shape index (κ2) is 48.2. The van der Waals surface area contributed by atoms with Crippen LogP contribution < -0.4 is 104 Å². The molecule has 0 bridgehead atoms. The van der Waals surface area contributed by atoms with Crippen molar-refractivity contribution in [2.45, 2.75) is 113 Å². The summed E-state index contributed by atoms with van der Waals surface area (Å²) in [5.41, 5.74) is 41.7. The number of fused-ring (bicyclic) bond motifs is 3. The van der Waals surface area contributed by atoms with Crippen molar-refractivity contribution in [1.82, 2.24) is 63.8 Å². The number of primary amides is 3. The molecule has 0 saturated heterocycles. The molecule has 572 valence electrons. The number of aldehydes is 1. The number of guanidine groups is 2. The van der Waals surface area contributed by atoms with Crippen molar-refractivity contribution < 1.29 is 95.7 Å². The second-order valence-electron chi connectivity index (χ2n) is 23.1. The van der Waals surface area contributed by atoms with Gasteiger partial charge in [0.25, 0.3) is 5.91 Å². The molecule has 0 spiro atoms. The van der Waals surface area contributed by atoms with Gasteiger partial charge in [-0.15, -0.1) is 0 Å². The van der Waals surface area contributed by atoms with Crippen LogP contribution >= 0.6 is 0 Å². The van der Waals surface area contributed by atoms with E-state index in [1.54, 1.807) is 0 Å². The summed E-state index contributed by atoms with van der Waals surface area (Å²) in [6, 6.07) is 5.87. The smallest absolute Gasteiger partial charge is 0.407 e. The minimum Gasteiger partial charge on any atom is -0.449 e. The number of carbonyl (C=O) groups excluding carboxylic acids is 16. The van der Waals surface area contributed by atoms with Gasteiger partial charge in [-0.2, -0.15) is 0 Å². The minimum absolute atomic E-state index is 0.0350.